The average molecular weight is 344 g/mol. The highest BCUT2D eigenvalue weighted by Crippen LogP contribution is 2.46. The fourth-order valence-corrected chi connectivity index (χ4v) is 3.61. The van der Waals surface area contributed by atoms with Crippen LogP contribution >= 0.6 is 0 Å². The van der Waals surface area contributed by atoms with Gasteiger partial charge in [0.05, 0.1) is 17.6 Å². The minimum Gasteiger partial charge on any atom is -0.376 e. The number of carbonyl (C=O) groups excluding carboxylic acids is 2. The highest BCUT2D eigenvalue weighted by Gasteiger charge is 2.49. The van der Waals surface area contributed by atoms with Crippen LogP contribution < -0.4 is 5.32 Å². The van der Waals surface area contributed by atoms with E-state index < -0.39 is 23.0 Å². The zero-order valence-corrected chi connectivity index (χ0v) is 14.0. The van der Waals surface area contributed by atoms with Gasteiger partial charge in [0, 0.05) is 13.2 Å². The topological polar surface area (TPSA) is 79.2 Å². The summed E-state index contributed by atoms with van der Waals surface area (Å²) in [6.07, 6.45) is 3.77. The average Bonchev–Trinajstić information content (AvgIpc) is 3.08. The fourth-order valence-electron chi connectivity index (χ4n) is 3.61. The Labute approximate surface area is 146 Å². The van der Waals surface area contributed by atoms with Crippen LogP contribution in [0.25, 0.3) is 0 Å². The van der Waals surface area contributed by atoms with Crippen LogP contribution in [0.1, 0.15) is 37.7 Å². The summed E-state index contributed by atoms with van der Waals surface area (Å²) >= 11 is 0. The molecule has 132 valence electrons. The van der Waals surface area contributed by atoms with Crippen molar-refractivity contribution >= 4 is 11.7 Å². The largest absolute Gasteiger partial charge is 0.376 e. The number of ether oxygens (including phenoxy) is 1. The summed E-state index contributed by atoms with van der Waals surface area (Å²) < 4.78 is 18.6. The molecule has 6 heteroatoms. The predicted octanol–water partition coefficient (Wildman–Crippen LogP) is 2.25. The van der Waals surface area contributed by atoms with E-state index in [9.17, 15) is 19.2 Å². The molecule has 1 aromatic carbocycles. The van der Waals surface area contributed by atoms with E-state index in [2.05, 4.69) is 5.32 Å². The van der Waals surface area contributed by atoms with Crippen LogP contribution in [0, 0.1) is 23.1 Å². The van der Waals surface area contributed by atoms with Crippen LogP contribution in [-0.4, -0.2) is 30.9 Å². The molecule has 2 fully saturated rings. The van der Waals surface area contributed by atoms with E-state index in [1.807, 2.05) is 6.07 Å². The molecule has 0 unspecified atom stereocenters. The maximum atomic E-state index is 13.2. The second-order valence-electron chi connectivity index (χ2n) is 6.75. The first-order chi connectivity index (χ1) is 12.1. The third kappa shape index (κ3) is 3.42. The molecule has 0 radical (unpaired) electrons. The third-order valence-corrected chi connectivity index (χ3v) is 5.26. The maximum Gasteiger partial charge on any atom is 0.245 e. The van der Waals surface area contributed by atoms with Gasteiger partial charge in [0.25, 0.3) is 0 Å². The van der Waals surface area contributed by atoms with Gasteiger partial charge in [-0.05, 0) is 43.4 Å². The first-order valence-electron chi connectivity index (χ1n) is 8.66. The molecule has 0 bridgehead atoms. The van der Waals surface area contributed by atoms with Gasteiger partial charge < -0.3 is 10.1 Å². The minimum atomic E-state index is -1.35. The van der Waals surface area contributed by atoms with E-state index in [0.717, 1.165) is 19.3 Å². The third-order valence-electron chi connectivity index (χ3n) is 5.26. The van der Waals surface area contributed by atoms with Gasteiger partial charge in [0.2, 0.25) is 5.91 Å². The number of ketones is 1. The number of nitrogens with one attached hydrogen (secondary N) is 1. The Kier molecular flexibility index (Phi) is 5.14. The second kappa shape index (κ2) is 7.32. The van der Waals surface area contributed by atoms with Crippen molar-refractivity contribution in [3.05, 3.63) is 35.6 Å². The Morgan fingerprint density at radius 1 is 1.32 bits per heavy atom. The molecule has 1 N–H and O–H groups in total. The standard InChI is InChI=1S/C19H21FN2O3/c20-14-6-4-13(5-7-14)19(8-2-9-19)17(23)16(11-21)18(24)22-12-15-3-1-10-25-15/h4-7,15-16H,1-3,8-10,12H2,(H,22,24)/t15-,16+/m1/s1. The molecular weight excluding hydrogens is 323 g/mol. The number of hydrogen-bond acceptors (Lipinski definition) is 4. The second-order valence-corrected chi connectivity index (χ2v) is 6.75. The van der Waals surface area contributed by atoms with Crippen molar-refractivity contribution in [1.82, 2.24) is 5.32 Å². The molecule has 1 saturated carbocycles. The highest BCUT2D eigenvalue weighted by atomic mass is 19.1. The van der Waals surface area contributed by atoms with E-state index in [-0.39, 0.29) is 11.9 Å². The Morgan fingerprint density at radius 2 is 2.04 bits per heavy atom. The number of nitriles is 1. The summed E-state index contributed by atoms with van der Waals surface area (Å²) in [5, 5.41) is 12.1. The van der Waals surface area contributed by atoms with Crippen LogP contribution in [-0.2, 0) is 19.7 Å². The maximum absolute atomic E-state index is 13.2. The van der Waals surface area contributed by atoms with Crippen LogP contribution in [0.5, 0.6) is 0 Å². The Balaban J connectivity index is 1.72. The molecule has 0 spiro atoms. The normalized spacial score (nSPS) is 22.5. The van der Waals surface area contributed by atoms with E-state index in [4.69, 9.17) is 4.74 Å². The molecule has 2 atom stereocenters. The molecule has 1 aliphatic heterocycles. The molecule has 1 heterocycles. The van der Waals surface area contributed by atoms with Gasteiger partial charge >= 0.3 is 0 Å². The Hall–Kier alpha value is -2.26. The molecule has 0 aromatic heterocycles. The van der Waals surface area contributed by atoms with Crippen LogP contribution in [0.2, 0.25) is 0 Å². The molecule has 1 aliphatic carbocycles. The quantitative estimate of drug-likeness (QED) is 0.803. The number of rotatable bonds is 6. The van der Waals surface area contributed by atoms with Crippen molar-refractivity contribution in [3.63, 3.8) is 0 Å². The fraction of sp³-hybridized carbons (Fsp3) is 0.526. The minimum absolute atomic E-state index is 0.0480. The van der Waals surface area contributed by atoms with E-state index >= 15 is 0 Å². The molecular formula is C19H21FN2O3. The lowest BCUT2D eigenvalue weighted by atomic mass is 9.59. The summed E-state index contributed by atoms with van der Waals surface area (Å²) in [7, 11) is 0. The smallest absolute Gasteiger partial charge is 0.245 e. The summed E-state index contributed by atoms with van der Waals surface area (Å²) in [6, 6.07) is 7.62. The lowest BCUT2D eigenvalue weighted by molar-refractivity contribution is -0.137. The predicted molar refractivity (Wildman–Crippen MR) is 88.0 cm³/mol. The summed E-state index contributed by atoms with van der Waals surface area (Å²) in [5.41, 5.74) is -0.174. The summed E-state index contributed by atoms with van der Waals surface area (Å²) in [4.78, 5) is 25.4. The van der Waals surface area contributed by atoms with Crippen molar-refractivity contribution in [2.24, 2.45) is 5.92 Å². The lowest BCUT2D eigenvalue weighted by Crippen LogP contribution is -2.50. The zero-order chi connectivity index (χ0) is 17.9. The van der Waals surface area contributed by atoms with Gasteiger partial charge in [0.1, 0.15) is 5.82 Å². The number of amides is 1. The van der Waals surface area contributed by atoms with Gasteiger partial charge in [-0.3, -0.25) is 9.59 Å². The SMILES string of the molecule is N#C[C@H](C(=O)NC[C@H]1CCCO1)C(=O)C1(c2ccc(F)cc2)CCC1. The number of Topliss-reactive ketones (excluding diaryl/α,β-unsaturated/α-hetero) is 1. The molecule has 5 nitrogen and oxygen atoms in total. The molecule has 3 rings (SSSR count). The monoisotopic (exact) mass is 344 g/mol. The van der Waals surface area contributed by atoms with Crippen LogP contribution in [0.3, 0.4) is 0 Å². The van der Waals surface area contributed by atoms with Crippen LogP contribution in [0.15, 0.2) is 24.3 Å². The van der Waals surface area contributed by atoms with Crippen molar-refractivity contribution in [3.8, 4) is 6.07 Å². The zero-order valence-electron chi connectivity index (χ0n) is 14.0. The Morgan fingerprint density at radius 3 is 2.56 bits per heavy atom. The molecule has 1 saturated heterocycles. The summed E-state index contributed by atoms with van der Waals surface area (Å²) in [6.45, 7) is 0.989. The van der Waals surface area contributed by atoms with Gasteiger partial charge in [-0.15, -0.1) is 0 Å². The van der Waals surface area contributed by atoms with Crippen molar-refractivity contribution in [2.75, 3.05) is 13.2 Å². The molecule has 25 heavy (non-hydrogen) atoms. The van der Waals surface area contributed by atoms with Crippen molar-refractivity contribution in [2.45, 2.75) is 43.6 Å². The molecule has 1 aromatic rings. The first-order valence-corrected chi connectivity index (χ1v) is 8.66. The number of nitrogens with zero attached hydrogens (tertiary/aromatic N) is 1. The molecule has 2 aliphatic rings. The van der Waals surface area contributed by atoms with E-state index in [0.29, 0.717) is 31.6 Å². The van der Waals surface area contributed by atoms with E-state index in [1.54, 1.807) is 12.1 Å². The number of halogens is 1. The van der Waals surface area contributed by atoms with Gasteiger partial charge in [-0.2, -0.15) is 5.26 Å². The lowest BCUT2D eigenvalue weighted by Gasteiger charge is -2.41. The van der Waals surface area contributed by atoms with Gasteiger partial charge in [-0.25, -0.2) is 4.39 Å². The number of carbonyl (C=O) groups is 2. The first kappa shape index (κ1) is 17.6. The van der Waals surface area contributed by atoms with E-state index in [1.165, 1.54) is 12.1 Å². The molecule has 1 amide bonds. The van der Waals surface area contributed by atoms with Gasteiger partial charge in [0.15, 0.2) is 11.7 Å². The number of benzene rings is 1. The van der Waals surface area contributed by atoms with Gasteiger partial charge in [-0.1, -0.05) is 18.6 Å². The highest BCUT2D eigenvalue weighted by molar-refractivity contribution is 6.09. The summed E-state index contributed by atoms with van der Waals surface area (Å²) in [5.74, 6) is -2.70. The number of hydrogen-bond donors (Lipinski definition) is 1. The van der Waals surface area contributed by atoms with Crippen molar-refractivity contribution in [1.29, 1.82) is 5.26 Å². The van der Waals surface area contributed by atoms with Crippen molar-refractivity contribution < 1.29 is 18.7 Å². The Bertz CT molecular complexity index is 686. The van der Waals surface area contributed by atoms with Crippen LogP contribution in [0.4, 0.5) is 4.39 Å².